The highest BCUT2D eigenvalue weighted by Gasteiger charge is 2.01. The van der Waals surface area contributed by atoms with Crippen molar-refractivity contribution in [1.82, 2.24) is 4.98 Å². The molecule has 0 aliphatic rings. The quantitative estimate of drug-likeness (QED) is 0.639. The second-order valence-electron chi connectivity index (χ2n) is 2.96. The molecule has 0 bridgehead atoms. The third-order valence-corrected chi connectivity index (χ3v) is 3.11. The maximum atomic E-state index is 4.31. The number of nitrogens with zero attached hydrogens (tertiary/aromatic N) is 1. The average Bonchev–Trinajstić information content (AvgIpc) is 2.19. The maximum Gasteiger partial charge on any atom is 0.0705 e. The SMILES string of the molecule is CSc1ccc2ncccc2c1C. The Morgan fingerprint density at radius 3 is 2.85 bits per heavy atom. The van der Waals surface area contributed by atoms with Gasteiger partial charge in [-0.1, -0.05) is 6.07 Å². The van der Waals surface area contributed by atoms with Crippen LogP contribution in [0.25, 0.3) is 10.9 Å². The van der Waals surface area contributed by atoms with E-state index in [4.69, 9.17) is 0 Å². The Morgan fingerprint density at radius 2 is 2.08 bits per heavy atom. The van der Waals surface area contributed by atoms with Crippen LogP contribution >= 0.6 is 11.8 Å². The molecule has 0 saturated carbocycles. The van der Waals surface area contributed by atoms with Crippen LogP contribution < -0.4 is 0 Å². The van der Waals surface area contributed by atoms with Crippen molar-refractivity contribution < 1.29 is 0 Å². The Hall–Kier alpha value is -1.02. The minimum Gasteiger partial charge on any atom is -0.256 e. The lowest BCUT2D eigenvalue weighted by molar-refractivity contribution is 1.31. The van der Waals surface area contributed by atoms with E-state index in [1.165, 1.54) is 15.8 Å². The molecule has 0 aliphatic carbocycles. The van der Waals surface area contributed by atoms with Crippen molar-refractivity contribution in [3.8, 4) is 0 Å². The predicted octanol–water partition coefficient (Wildman–Crippen LogP) is 3.27. The number of benzene rings is 1. The van der Waals surface area contributed by atoms with Crippen molar-refractivity contribution in [2.45, 2.75) is 11.8 Å². The number of thioether (sulfide) groups is 1. The standard InChI is InChI=1S/C11H11NS/c1-8-9-4-3-7-12-10(9)5-6-11(8)13-2/h3-7H,1-2H3. The second-order valence-corrected chi connectivity index (χ2v) is 3.81. The normalized spacial score (nSPS) is 10.6. The molecule has 0 radical (unpaired) electrons. The van der Waals surface area contributed by atoms with Crippen molar-refractivity contribution in [2.24, 2.45) is 0 Å². The van der Waals surface area contributed by atoms with Crippen molar-refractivity contribution in [1.29, 1.82) is 0 Å². The summed E-state index contributed by atoms with van der Waals surface area (Å²) in [6.07, 6.45) is 3.94. The van der Waals surface area contributed by atoms with Crippen LogP contribution in [0.4, 0.5) is 0 Å². The molecule has 2 heteroatoms. The second kappa shape index (κ2) is 3.38. The Bertz CT molecular complexity index is 437. The predicted molar refractivity (Wildman–Crippen MR) is 58.3 cm³/mol. The van der Waals surface area contributed by atoms with Crippen LogP contribution in [-0.2, 0) is 0 Å². The number of rotatable bonds is 1. The molecule has 0 N–H and O–H groups in total. The Morgan fingerprint density at radius 1 is 1.23 bits per heavy atom. The molecule has 2 aromatic rings. The van der Waals surface area contributed by atoms with E-state index in [2.05, 4.69) is 36.4 Å². The molecule has 1 aromatic heterocycles. The monoisotopic (exact) mass is 189 g/mol. The number of hydrogen-bond donors (Lipinski definition) is 0. The lowest BCUT2D eigenvalue weighted by Gasteiger charge is -2.05. The average molecular weight is 189 g/mol. The van der Waals surface area contributed by atoms with Crippen LogP contribution in [0.1, 0.15) is 5.56 Å². The molecular formula is C11H11NS. The smallest absolute Gasteiger partial charge is 0.0705 e. The molecule has 1 nitrogen and oxygen atoms in total. The molecule has 0 fully saturated rings. The van der Waals surface area contributed by atoms with Gasteiger partial charge >= 0.3 is 0 Å². The number of pyridine rings is 1. The molecule has 1 aromatic carbocycles. The zero-order valence-corrected chi connectivity index (χ0v) is 8.56. The maximum absolute atomic E-state index is 4.31. The van der Waals surface area contributed by atoms with E-state index in [1.54, 1.807) is 11.8 Å². The van der Waals surface area contributed by atoms with Gasteiger partial charge in [0.05, 0.1) is 5.52 Å². The molecule has 0 aliphatic heterocycles. The van der Waals surface area contributed by atoms with E-state index < -0.39 is 0 Å². The lowest BCUT2D eigenvalue weighted by Crippen LogP contribution is -1.84. The number of aromatic nitrogens is 1. The van der Waals surface area contributed by atoms with E-state index in [0.717, 1.165) is 5.52 Å². The summed E-state index contributed by atoms with van der Waals surface area (Å²) in [4.78, 5) is 5.64. The lowest BCUT2D eigenvalue weighted by atomic mass is 10.1. The summed E-state index contributed by atoms with van der Waals surface area (Å²) < 4.78 is 0. The number of fused-ring (bicyclic) bond motifs is 1. The zero-order valence-electron chi connectivity index (χ0n) is 7.74. The molecule has 0 saturated heterocycles. The van der Waals surface area contributed by atoms with Gasteiger partial charge in [-0.25, -0.2) is 0 Å². The van der Waals surface area contributed by atoms with E-state index in [0.29, 0.717) is 0 Å². The van der Waals surface area contributed by atoms with Crippen LogP contribution in [-0.4, -0.2) is 11.2 Å². The number of aryl methyl sites for hydroxylation is 1. The van der Waals surface area contributed by atoms with Gasteiger partial charge in [-0.05, 0) is 36.9 Å². The van der Waals surface area contributed by atoms with Gasteiger partial charge in [-0.2, -0.15) is 0 Å². The first-order valence-corrected chi connectivity index (χ1v) is 5.43. The summed E-state index contributed by atoms with van der Waals surface area (Å²) in [7, 11) is 0. The Labute approximate surface area is 82.2 Å². The summed E-state index contributed by atoms with van der Waals surface area (Å²) in [5, 5.41) is 1.26. The summed E-state index contributed by atoms with van der Waals surface area (Å²) in [5.41, 5.74) is 2.41. The van der Waals surface area contributed by atoms with Crippen molar-refractivity contribution >= 4 is 22.7 Å². The van der Waals surface area contributed by atoms with Crippen LogP contribution in [0.15, 0.2) is 35.4 Å². The fraction of sp³-hybridized carbons (Fsp3) is 0.182. The van der Waals surface area contributed by atoms with Gasteiger partial charge < -0.3 is 0 Å². The van der Waals surface area contributed by atoms with Gasteiger partial charge in [-0.3, -0.25) is 4.98 Å². The van der Waals surface area contributed by atoms with E-state index >= 15 is 0 Å². The number of hydrogen-bond acceptors (Lipinski definition) is 2. The van der Waals surface area contributed by atoms with Gasteiger partial charge in [0.1, 0.15) is 0 Å². The van der Waals surface area contributed by atoms with E-state index in [1.807, 2.05) is 12.3 Å². The van der Waals surface area contributed by atoms with Crippen LogP contribution in [0, 0.1) is 6.92 Å². The summed E-state index contributed by atoms with van der Waals surface area (Å²) in [5.74, 6) is 0. The molecule has 1 heterocycles. The van der Waals surface area contributed by atoms with Crippen molar-refractivity contribution in [2.75, 3.05) is 6.26 Å². The summed E-state index contributed by atoms with van der Waals surface area (Å²) >= 11 is 1.78. The fourth-order valence-corrected chi connectivity index (χ4v) is 2.12. The van der Waals surface area contributed by atoms with Crippen molar-refractivity contribution in [3.63, 3.8) is 0 Å². The topological polar surface area (TPSA) is 12.9 Å². The molecular weight excluding hydrogens is 178 g/mol. The van der Waals surface area contributed by atoms with Crippen LogP contribution in [0.2, 0.25) is 0 Å². The highest BCUT2D eigenvalue weighted by Crippen LogP contribution is 2.26. The minimum atomic E-state index is 1.08. The molecule has 0 unspecified atom stereocenters. The van der Waals surface area contributed by atoms with Gasteiger partial charge in [0.15, 0.2) is 0 Å². The van der Waals surface area contributed by atoms with Crippen LogP contribution in [0.3, 0.4) is 0 Å². The molecule has 0 atom stereocenters. The van der Waals surface area contributed by atoms with Gasteiger partial charge in [0.25, 0.3) is 0 Å². The van der Waals surface area contributed by atoms with Crippen molar-refractivity contribution in [3.05, 3.63) is 36.0 Å². The molecule has 2 rings (SSSR count). The minimum absolute atomic E-state index is 1.08. The first-order chi connectivity index (χ1) is 6.33. The van der Waals surface area contributed by atoms with Crippen LogP contribution in [0.5, 0.6) is 0 Å². The first kappa shape index (κ1) is 8.57. The molecule has 66 valence electrons. The molecule has 13 heavy (non-hydrogen) atoms. The first-order valence-electron chi connectivity index (χ1n) is 4.21. The summed E-state index contributed by atoms with van der Waals surface area (Å²) in [6.45, 7) is 2.15. The highest BCUT2D eigenvalue weighted by molar-refractivity contribution is 7.98. The molecule has 0 amide bonds. The van der Waals surface area contributed by atoms with E-state index in [-0.39, 0.29) is 0 Å². The zero-order chi connectivity index (χ0) is 9.26. The third-order valence-electron chi connectivity index (χ3n) is 2.22. The van der Waals surface area contributed by atoms with Gasteiger partial charge in [0, 0.05) is 16.5 Å². The Kier molecular flexibility index (Phi) is 2.23. The molecule has 0 spiro atoms. The fourth-order valence-electron chi connectivity index (χ4n) is 1.50. The third kappa shape index (κ3) is 1.42. The highest BCUT2D eigenvalue weighted by atomic mass is 32.2. The summed E-state index contributed by atoms with van der Waals surface area (Å²) in [6, 6.07) is 8.32. The largest absolute Gasteiger partial charge is 0.256 e. The van der Waals surface area contributed by atoms with Gasteiger partial charge in [0.2, 0.25) is 0 Å². The van der Waals surface area contributed by atoms with E-state index in [9.17, 15) is 0 Å². The van der Waals surface area contributed by atoms with Gasteiger partial charge in [-0.15, -0.1) is 11.8 Å². The Balaban J connectivity index is 2.79.